The van der Waals surface area contributed by atoms with Gasteiger partial charge in [-0.2, -0.15) is 5.10 Å². The highest BCUT2D eigenvalue weighted by Gasteiger charge is 2.15. The third-order valence-corrected chi connectivity index (χ3v) is 4.58. The molecule has 1 heterocycles. The summed E-state index contributed by atoms with van der Waals surface area (Å²) < 4.78 is 1.77. The molecule has 0 saturated heterocycles. The molecule has 4 heteroatoms. The molecular formula is C24H21N3O. The van der Waals surface area contributed by atoms with Crippen molar-refractivity contribution >= 4 is 11.7 Å². The lowest BCUT2D eigenvalue weighted by Gasteiger charge is -2.09. The van der Waals surface area contributed by atoms with Crippen molar-refractivity contribution in [3.8, 4) is 16.9 Å². The van der Waals surface area contributed by atoms with Crippen molar-refractivity contribution in [1.29, 1.82) is 0 Å². The fourth-order valence-electron chi connectivity index (χ4n) is 3.08. The molecule has 1 aromatic heterocycles. The lowest BCUT2D eigenvalue weighted by Crippen LogP contribution is -2.15. The first-order valence-corrected chi connectivity index (χ1v) is 9.21. The van der Waals surface area contributed by atoms with Crippen LogP contribution in [0.5, 0.6) is 0 Å². The molecule has 3 aromatic carbocycles. The fourth-order valence-corrected chi connectivity index (χ4v) is 3.08. The second kappa shape index (κ2) is 7.53. The summed E-state index contributed by atoms with van der Waals surface area (Å²) in [4.78, 5) is 12.8. The van der Waals surface area contributed by atoms with Gasteiger partial charge in [-0.25, -0.2) is 4.68 Å². The van der Waals surface area contributed by atoms with E-state index in [-0.39, 0.29) is 5.91 Å². The zero-order valence-corrected chi connectivity index (χ0v) is 15.9. The molecule has 1 N–H and O–H groups in total. The van der Waals surface area contributed by atoms with Gasteiger partial charge in [0, 0.05) is 17.2 Å². The van der Waals surface area contributed by atoms with Crippen LogP contribution in [0.25, 0.3) is 16.9 Å². The smallest absolute Gasteiger partial charge is 0.256 e. The van der Waals surface area contributed by atoms with Crippen LogP contribution >= 0.6 is 0 Å². The summed E-state index contributed by atoms with van der Waals surface area (Å²) in [6.07, 6.45) is 0. The molecule has 0 aliphatic heterocycles. The van der Waals surface area contributed by atoms with Crippen molar-refractivity contribution < 1.29 is 4.79 Å². The Morgan fingerprint density at radius 2 is 1.57 bits per heavy atom. The minimum absolute atomic E-state index is 0.156. The van der Waals surface area contributed by atoms with E-state index in [1.165, 1.54) is 5.56 Å². The van der Waals surface area contributed by atoms with Crippen LogP contribution in [0.3, 0.4) is 0 Å². The number of carbonyl (C=O) groups is 1. The maximum Gasteiger partial charge on any atom is 0.256 e. The van der Waals surface area contributed by atoms with E-state index in [4.69, 9.17) is 5.10 Å². The predicted octanol–water partition coefficient (Wildman–Crippen LogP) is 5.41. The average Bonchev–Trinajstić information content (AvgIpc) is 3.13. The van der Waals surface area contributed by atoms with E-state index in [1.807, 2.05) is 79.7 Å². The van der Waals surface area contributed by atoms with Gasteiger partial charge in [0.15, 0.2) is 0 Å². The van der Waals surface area contributed by atoms with Crippen LogP contribution in [-0.2, 0) is 0 Å². The normalized spacial score (nSPS) is 10.6. The van der Waals surface area contributed by atoms with Gasteiger partial charge in [-0.3, -0.25) is 4.79 Å². The molecule has 0 unspecified atom stereocenters. The third-order valence-electron chi connectivity index (χ3n) is 4.58. The van der Waals surface area contributed by atoms with Crippen LogP contribution in [0.2, 0.25) is 0 Å². The van der Waals surface area contributed by atoms with Crippen LogP contribution in [-0.4, -0.2) is 15.7 Å². The highest BCUT2D eigenvalue weighted by molar-refractivity contribution is 6.04. The molecule has 4 nitrogen and oxygen atoms in total. The van der Waals surface area contributed by atoms with Crippen LogP contribution < -0.4 is 5.32 Å². The summed E-state index contributed by atoms with van der Waals surface area (Å²) in [7, 11) is 0. The highest BCUT2D eigenvalue weighted by atomic mass is 16.1. The lowest BCUT2D eigenvalue weighted by atomic mass is 10.1. The Kier molecular flexibility index (Phi) is 4.77. The maximum atomic E-state index is 12.8. The van der Waals surface area contributed by atoms with Crippen molar-refractivity contribution in [1.82, 2.24) is 9.78 Å². The van der Waals surface area contributed by atoms with Crippen molar-refractivity contribution in [2.75, 3.05) is 5.32 Å². The van der Waals surface area contributed by atoms with Gasteiger partial charge in [0.25, 0.3) is 5.91 Å². The van der Waals surface area contributed by atoms with Crippen LogP contribution in [0.15, 0.2) is 84.9 Å². The predicted molar refractivity (Wildman–Crippen MR) is 113 cm³/mol. The molecule has 0 radical (unpaired) electrons. The van der Waals surface area contributed by atoms with E-state index >= 15 is 0 Å². The minimum atomic E-state index is -0.156. The first-order valence-electron chi connectivity index (χ1n) is 9.21. The summed E-state index contributed by atoms with van der Waals surface area (Å²) in [5.74, 6) is 0.476. The minimum Gasteiger partial charge on any atom is -0.306 e. The Hall–Kier alpha value is -3.66. The lowest BCUT2D eigenvalue weighted by molar-refractivity contribution is 0.102. The monoisotopic (exact) mass is 367 g/mol. The Morgan fingerprint density at radius 3 is 2.29 bits per heavy atom. The summed E-state index contributed by atoms with van der Waals surface area (Å²) in [6.45, 7) is 4.03. The number of para-hydroxylation sites is 1. The number of aryl methyl sites for hydroxylation is 2. The van der Waals surface area contributed by atoms with E-state index in [9.17, 15) is 4.79 Å². The second-order valence-electron chi connectivity index (χ2n) is 6.85. The van der Waals surface area contributed by atoms with Gasteiger partial charge in [0.05, 0.1) is 11.4 Å². The molecule has 0 bridgehead atoms. The average molecular weight is 367 g/mol. The second-order valence-corrected chi connectivity index (χ2v) is 6.85. The number of rotatable bonds is 4. The van der Waals surface area contributed by atoms with Gasteiger partial charge in [0.2, 0.25) is 0 Å². The number of hydrogen-bond donors (Lipinski definition) is 1. The Bertz CT molecular complexity index is 1110. The van der Waals surface area contributed by atoms with Crippen molar-refractivity contribution in [2.45, 2.75) is 13.8 Å². The molecule has 138 valence electrons. The van der Waals surface area contributed by atoms with E-state index in [0.717, 1.165) is 22.5 Å². The SMILES string of the molecule is Cc1ccc(-c2cc(NC(=O)c3cccc(C)c3)n(-c3ccccc3)n2)cc1. The largest absolute Gasteiger partial charge is 0.306 e. The zero-order valence-electron chi connectivity index (χ0n) is 15.9. The van der Waals surface area contributed by atoms with Gasteiger partial charge in [0.1, 0.15) is 5.82 Å². The number of nitrogens with one attached hydrogen (secondary N) is 1. The van der Waals surface area contributed by atoms with Gasteiger partial charge in [-0.1, -0.05) is 65.7 Å². The molecule has 4 aromatic rings. The van der Waals surface area contributed by atoms with Crippen molar-refractivity contribution in [3.63, 3.8) is 0 Å². The number of aromatic nitrogens is 2. The highest BCUT2D eigenvalue weighted by Crippen LogP contribution is 2.25. The Labute approximate surface area is 164 Å². The zero-order chi connectivity index (χ0) is 19.5. The van der Waals surface area contributed by atoms with E-state index in [0.29, 0.717) is 11.4 Å². The fraction of sp³-hybridized carbons (Fsp3) is 0.0833. The van der Waals surface area contributed by atoms with Gasteiger partial charge in [-0.15, -0.1) is 0 Å². The van der Waals surface area contributed by atoms with Gasteiger partial charge >= 0.3 is 0 Å². The van der Waals surface area contributed by atoms with E-state index in [1.54, 1.807) is 4.68 Å². The van der Waals surface area contributed by atoms with Crippen LogP contribution in [0.4, 0.5) is 5.82 Å². The number of hydrogen-bond acceptors (Lipinski definition) is 2. The molecule has 0 saturated carbocycles. The van der Waals surface area contributed by atoms with Gasteiger partial charge in [-0.05, 0) is 38.1 Å². The Morgan fingerprint density at radius 1 is 0.821 bits per heavy atom. The van der Waals surface area contributed by atoms with E-state index in [2.05, 4.69) is 24.4 Å². The van der Waals surface area contributed by atoms with Crippen molar-refractivity contribution in [3.05, 3.63) is 102 Å². The summed E-state index contributed by atoms with van der Waals surface area (Å²) in [6, 6.07) is 27.4. The van der Waals surface area contributed by atoms with Crippen molar-refractivity contribution in [2.24, 2.45) is 0 Å². The molecule has 0 fully saturated rings. The molecule has 0 spiro atoms. The Balaban J connectivity index is 1.74. The molecule has 28 heavy (non-hydrogen) atoms. The van der Waals surface area contributed by atoms with Crippen LogP contribution in [0.1, 0.15) is 21.5 Å². The number of carbonyl (C=O) groups excluding carboxylic acids is 1. The van der Waals surface area contributed by atoms with Gasteiger partial charge < -0.3 is 5.32 Å². The molecule has 4 rings (SSSR count). The first-order chi connectivity index (χ1) is 13.6. The van der Waals surface area contributed by atoms with E-state index < -0.39 is 0 Å². The molecule has 0 atom stereocenters. The molecule has 0 aliphatic carbocycles. The maximum absolute atomic E-state index is 12.8. The number of nitrogens with zero attached hydrogens (tertiary/aromatic N) is 2. The molecular weight excluding hydrogens is 346 g/mol. The number of anilines is 1. The standard InChI is InChI=1S/C24H21N3O/c1-17-11-13-19(14-12-17)22-16-23(27(26-22)21-9-4-3-5-10-21)25-24(28)20-8-6-7-18(2)15-20/h3-16H,1-2H3,(H,25,28). The quantitative estimate of drug-likeness (QED) is 0.524. The summed E-state index contributed by atoms with van der Waals surface area (Å²) >= 11 is 0. The molecule has 1 amide bonds. The van der Waals surface area contributed by atoms with Crippen LogP contribution in [0, 0.1) is 13.8 Å². The summed E-state index contributed by atoms with van der Waals surface area (Å²) in [5.41, 5.74) is 5.57. The third kappa shape index (κ3) is 3.71. The number of amides is 1. The first kappa shape index (κ1) is 17.7. The topological polar surface area (TPSA) is 46.9 Å². The number of benzene rings is 3. The summed E-state index contributed by atoms with van der Waals surface area (Å²) in [5, 5.41) is 7.76. The molecule has 0 aliphatic rings.